The van der Waals surface area contributed by atoms with E-state index in [4.69, 9.17) is 0 Å². The fourth-order valence-electron chi connectivity index (χ4n) is 4.08. The number of rotatable bonds is 8. The summed E-state index contributed by atoms with van der Waals surface area (Å²) in [5.74, 6) is 0.665. The Labute approximate surface area is 176 Å². The van der Waals surface area contributed by atoms with Crippen LogP contribution in [0.25, 0.3) is 0 Å². The molecule has 2 fully saturated rings. The Hall–Kier alpha value is -1.40. The molecule has 0 spiro atoms. The SMILES string of the molecule is CC(C)C(C)N(C(=O)CCc1ccc(S(=O)(=O)N2CCCCCC2)cc1)C1CC1. The minimum absolute atomic E-state index is 0.218. The van der Waals surface area contributed by atoms with E-state index in [2.05, 4.69) is 25.7 Å². The molecule has 1 aliphatic carbocycles. The zero-order chi connectivity index (χ0) is 21.0. The lowest BCUT2D eigenvalue weighted by atomic mass is 10.0. The van der Waals surface area contributed by atoms with Crippen molar-refractivity contribution in [3.8, 4) is 0 Å². The summed E-state index contributed by atoms with van der Waals surface area (Å²) in [7, 11) is -3.41. The maximum absolute atomic E-state index is 12.9. The molecule has 0 bridgehead atoms. The third-order valence-electron chi connectivity index (χ3n) is 6.39. The van der Waals surface area contributed by atoms with E-state index < -0.39 is 10.0 Å². The van der Waals surface area contributed by atoms with Crippen molar-refractivity contribution in [3.05, 3.63) is 29.8 Å². The molecule has 3 rings (SSSR count). The van der Waals surface area contributed by atoms with Crippen LogP contribution in [0, 0.1) is 5.92 Å². The summed E-state index contributed by atoms with van der Waals surface area (Å²) in [5.41, 5.74) is 1.01. The van der Waals surface area contributed by atoms with Gasteiger partial charge in [0, 0.05) is 31.6 Å². The molecule has 1 atom stereocenters. The van der Waals surface area contributed by atoms with Gasteiger partial charge in [-0.3, -0.25) is 4.79 Å². The second-order valence-corrected chi connectivity index (χ2v) is 10.9. The summed E-state index contributed by atoms with van der Waals surface area (Å²) in [6, 6.07) is 7.82. The molecule has 1 amide bonds. The van der Waals surface area contributed by atoms with Crippen molar-refractivity contribution >= 4 is 15.9 Å². The molecule has 1 aromatic rings. The quantitative estimate of drug-likeness (QED) is 0.633. The standard InChI is InChI=1S/C23H36N2O3S/c1-18(2)19(3)25(21-11-12-21)23(26)15-10-20-8-13-22(14-9-20)29(27,28)24-16-6-4-5-7-17-24/h8-9,13-14,18-19,21H,4-7,10-12,15-17H2,1-3H3. The second kappa shape index (κ2) is 9.61. The predicted molar refractivity (Wildman–Crippen MR) is 116 cm³/mol. The number of hydrogen-bond acceptors (Lipinski definition) is 3. The molecule has 162 valence electrons. The summed E-state index contributed by atoms with van der Waals surface area (Å²) in [6.45, 7) is 7.70. The molecule has 2 aliphatic rings. The van der Waals surface area contributed by atoms with Crippen molar-refractivity contribution in [3.63, 3.8) is 0 Å². The number of amides is 1. The zero-order valence-electron chi connectivity index (χ0n) is 18.1. The van der Waals surface area contributed by atoms with Crippen molar-refractivity contribution in [2.45, 2.75) is 89.1 Å². The molecule has 29 heavy (non-hydrogen) atoms. The van der Waals surface area contributed by atoms with Gasteiger partial charge in [0.15, 0.2) is 0 Å². The van der Waals surface area contributed by atoms with Crippen LogP contribution in [-0.4, -0.2) is 48.7 Å². The highest BCUT2D eigenvalue weighted by molar-refractivity contribution is 7.89. The molecule has 1 unspecified atom stereocenters. The number of nitrogens with zero attached hydrogens (tertiary/aromatic N) is 2. The van der Waals surface area contributed by atoms with Crippen molar-refractivity contribution in [1.82, 2.24) is 9.21 Å². The average Bonchev–Trinajstić information content (AvgIpc) is 3.54. The third kappa shape index (κ3) is 5.60. The van der Waals surface area contributed by atoms with E-state index in [1.165, 1.54) is 0 Å². The highest BCUT2D eigenvalue weighted by Gasteiger charge is 2.36. The average molecular weight is 421 g/mol. The highest BCUT2D eigenvalue weighted by atomic mass is 32.2. The van der Waals surface area contributed by atoms with Crippen LogP contribution >= 0.6 is 0 Å². The van der Waals surface area contributed by atoms with Crippen LogP contribution in [0.15, 0.2) is 29.2 Å². The number of sulfonamides is 1. The van der Waals surface area contributed by atoms with E-state index in [9.17, 15) is 13.2 Å². The summed E-state index contributed by atoms with van der Waals surface area (Å²) in [6.07, 6.45) is 7.44. The molecule has 1 saturated heterocycles. The Kier molecular flexibility index (Phi) is 7.38. The fourth-order valence-corrected chi connectivity index (χ4v) is 5.59. The summed E-state index contributed by atoms with van der Waals surface area (Å²) in [5, 5.41) is 0. The number of carbonyl (C=O) groups excluding carboxylic acids is 1. The first-order valence-electron chi connectivity index (χ1n) is 11.2. The normalized spacial score (nSPS) is 19.7. The van der Waals surface area contributed by atoms with Crippen LogP contribution in [0.5, 0.6) is 0 Å². The number of hydrogen-bond donors (Lipinski definition) is 0. The predicted octanol–water partition coefficient (Wildman–Crippen LogP) is 4.22. The maximum atomic E-state index is 12.9. The molecule has 1 aliphatic heterocycles. The molecule has 1 saturated carbocycles. The van der Waals surface area contributed by atoms with E-state index in [1.807, 2.05) is 12.1 Å². The van der Waals surface area contributed by atoms with Gasteiger partial charge in [0.1, 0.15) is 0 Å². The van der Waals surface area contributed by atoms with Gasteiger partial charge in [0.2, 0.25) is 15.9 Å². The fraction of sp³-hybridized carbons (Fsp3) is 0.696. The first kappa shape index (κ1) is 22.3. The van der Waals surface area contributed by atoms with Crippen molar-refractivity contribution in [2.24, 2.45) is 5.92 Å². The van der Waals surface area contributed by atoms with Gasteiger partial charge in [-0.2, -0.15) is 4.31 Å². The molecular weight excluding hydrogens is 384 g/mol. The van der Waals surface area contributed by atoms with Gasteiger partial charge in [-0.05, 0) is 62.6 Å². The van der Waals surface area contributed by atoms with Crippen LogP contribution in [0.1, 0.15) is 71.3 Å². The first-order chi connectivity index (χ1) is 13.8. The molecular formula is C23H36N2O3S. The van der Waals surface area contributed by atoms with Gasteiger partial charge in [0.25, 0.3) is 0 Å². The number of benzene rings is 1. The Morgan fingerprint density at radius 1 is 1.03 bits per heavy atom. The molecule has 1 heterocycles. The van der Waals surface area contributed by atoms with Crippen LogP contribution in [0.2, 0.25) is 0 Å². The number of aryl methyl sites for hydroxylation is 1. The van der Waals surface area contributed by atoms with E-state index in [-0.39, 0.29) is 11.9 Å². The molecule has 0 N–H and O–H groups in total. The van der Waals surface area contributed by atoms with Crippen LogP contribution in [0.3, 0.4) is 0 Å². The minimum atomic E-state index is -3.41. The van der Waals surface area contributed by atoms with Gasteiger partial charge >= 0.3 is 0 Å². The van der Waals surface area contributed by atoms with Gasteiger partial charge < -0.3 is 4.90 Å². The molecule has 6 heteroatoms. The third-order valence-corrected chi connectivity index (χ3v) is 8.30. The van der Waals surface area contributed by atoms with Crippen LogP contribution in [-0.2, 0) is 21.2 Å². The van der Waals surface area contributed by atoms with Crippen molar-refractivity contribution in [2.75, 3.05) is 13.1 Å². The molecule has 0 radical (unpaired) electrons. The van der Waals surface area contributed by atoms with Crippen LogP contribution < -0.4 is 0 Å². The first-order valence-corrected chi connectivity index (χ1v) is 12.6. The maximum Gasteiger partial charge on any atom is 0.243 e. The second-order valence-electron chi connectivity index (χ2n) is 8.98. The van der Waals surface area contributed by atoms with Gasteiger partial charge in [-0.1, -0.05) is 38.8 Å². The van der Waals surface area contributed by atoms with Gasteiger partial charge in [0.05, 0.1) is 4.90 Å². The molecule has 0 aromatic heterocycles. The zero-order valence-corrected chi connectivity index (χ0v) is 19.0. The summed E-state index contributed by atoms with van der Waals surface area (Å²) in [4.78, 5) is 15.3. The van der Waals surface area contributed by atoms with Gasteiger partial charge in [-0.15, -0.1) is 0 Å². The smallest absolute Gasteiger partial charge is 0.243 e. The topological polar surface area (TPSA) is 57.7 Å². The Bertz CT molecular complexity index is 777. The monoisotopic (exact) mass is 420 g/mol. The lowest BCUT2D eigenvalue weighted by Crippen LogP contribution is -2.43. The van der Waals surface area contributed by atoms with E-state index in [0.29, 0.717) is 42.8 Å². The highest BCUT2D eigenvalue weighted by Crippen LogP contribution is 2.31. The van der Waals surface area contributed by atoms with E-state index >= 15 is 0 Å². The van der Waals surface area contributed by atoms with Crippen LogP contribution in [0.4, 0.5) is 0 Å². The largest absolute Gasteiger partial charge is 0.337 e. The molecule has 5 nitrogen and oxygen atoms in total. The minimum Gasteiger partial charge on any atom is -0.337 e. The summed E-state index contributed by atoms with van der Waals surface area (Å²) < 4.78 is 27.4. The lowest BCUT2D eigenvalue weighted by Gasteiger charge is -2.32. The van der Waals surface area contributed by atoms with Crippen molar-refractivity contribution in [1.29, 1.82) is 0 Å². The Morgan fingerprint density at radius 3 is 2.14 bits per heavy atom. The summed E-state index contributed by atoms with van der Waals surface area (Å²) >= 11 is 0. The van der Waals surface area contributed by atoms with E-state index in [0.717, 1.165) is 44.1 Å². The lowest BCUT2D eigenvalue weighted by molar-refractivity contribution is -0.134. The van der Waals surface area contributed by atoms with Gasteiger partial charge in [-0.25, -0.2) is 8.42 Å². The Morgan fingerprint density at radius 2 is 1.62 bits per heavy atom. The van der Waals surface area contributed by atoms with E-state index in [1.54, 1.807) is 16.4 Å². The Balaban J connectivity index is 1.61. The molecule has 1 aromatic carbocycles. The number of carbonyl (C=O) groups is 1. The van der Waals surface area contributed by atoms with Crippen molar-refractivity contribution < 1.29 is 13.2 Å².